The number of hydrogen-bond donors (Lipinski definition) is 2. The van der Waals surface area contributed by atoms with Gasteiger partial charge in [0.25, 0.3) is 0 Å². The Morgan fingerprint density at radius 2 is 1.88 bits per heavy atom. The lowest BCUT2D eigenvalue weighted by molar-refractivity contribution is -0.117. The summed E-state index contributed by atoms with van der Waals surface area (Å²) in [7, 11) is 0. The average molecular weight is 372 g/mol. The van der Waals surface area contributed by atoms with Crippen LogP contribution in [0.2, 0.25) is 5.02 Å². The molecule has 7 heteroatoms. The second-order valence-electron chi connectivity index (χ2n) is 6.00. The van der Waals surface area contributed by atoms with Crippen molar-refractivity contribution in [2.24, 2.45) is 5.10 Å². The first-order valence-corrected chi connectivity index (χ1v) is 8.57. The first kappa shape index (κ1) is 17.9. The average Bonchev–Trinajstić information content (AvgIpc) is 3.06. The predicted molar refractivity (Wildman–Crippen MR) is 102 cm³/mol. The normalized spacial score (nSPS) is 14.6. The summed E-state index contributed by atoms with van der Waals surface area (Å²) in [4.78, 5) is 24.6. The van der Waals surface area contributed by atoms with Crippen LogP contribution in [0.1, 0.15) is 35.7 Å². The van der Waals surface area contributed by atoms with Crippen molar-refractivity contribution in [2.75, 3.05) is 16.9 Å². The van der Waals surface area contributed by atoms with Crippen molar-refractivity contribution >= 4 is 40.6 Å². The number of amides is 1. The van der Waals surface area contributed by atoms with Crippen LogP contribution in [0.3, 0.4) is 0 Å². The molecule has 2 N–H and O–H groups in total. The fourth-order valence-electron chi connectivity index (χ4n) is 2.76. The van der Waals surface area contributed by atoms with Gasteiger partial charge in [0.05, 0.1) is 22.0 Å². The number of anilines is 2. The zero-order chi connectivity index (χ0) is 18.7. The number of rotatable bonds is 5. The number of carboxylic acid groups (broad SMARTS) is 1. The Balaban J connectivity index is 1.75. The Morgan fingerprint density at radius 3 is 2.50 bits per heavy atom. The molecular formula is C19H18ClN3O3. The van der Waals surface area contributed by atoms with Gasteiger partial charge in [-0.1, -0.05) is 23.7 Å². The fourth-order valence-corrected chi connectivity index (χ4v) is 2.92. The minimum Gasteiger partial charge on any atom is -0.478 e. The van der Waals surface area contributed by atoms with E-state index in [9.17, 15) is 9.59 Å². The highest BCUT2D eigenvalue weighted by Crippen LogP contribution is 2.24. The van der Waals surface area contributed by atoms with Crippen molar-refractivity contribution in [1.82, 2.24) is 0 Å². The number of halogens is 1. The third kappa shape index (κ3) is 3.86. The topological polar surface area (TPSA) is 82.0 Å². The third-order valence-corrected chi connectivity index (χ3v) is 4.56. The minimum atomic E-state index is -1.03. The van der Waals surface area contributed by atoms with Crippen LogP contribution < -0.4 is 10.3 Å². The zero-order valence-corrected chi connectivity index (χ0v) is 15.0. The third-order valence-electron chi connectivity index (χ3n) is 4.23. The van der Waals surface area contributed by atoms with E-state index in [4.69, 9.17) is 16.7 Å². The highest BCUT2D eigenvalue weighted by atomic mass is 35.5. The smallest absolute Gasteiger partial charge is 0.335 e. The molecule has 26 heavy (non-hydrogen) atoms. The summed E-state index contributed by atoms with van der Waals surface area (Å²) in [6.07, 6.45) is 1.49. The number of benzene rings is 2. The Bertz CT molecular complexity index is 878. The van der Waals surface area contributed by atoms with Gasteiger partial charge in [-0.3, -0.25) is 10.2 Å². The Hall–Kier alpha value is -2.86. The number of aromatic carboxylic acids is 1. The molecule has 1 fully saturated rings. The molecule has 0 unspecified atom stereocenters. The van der Waals surface area contributed by atoms with Crippen molar-refractivity contribution in [3.05, 3.63) is 58.6 Å². The fraction of sp³-hybridized carbons (Fsp3) is 0.211. The first-order chi connectivity index (χ1) is 12.5. The molecule has 1 saturated heterocycles. The van der Waals surface area contributed by atoms with Crippen molar-refractivity contribution in [2.45, 2.75) is 19.8 Å². The highest BCUT2D eigenvalue weighted by molar-refractivity contribution is 6.33. The number of nitrogens with one attached hydrogen (secondary N) is 1. The minimum absolute atomic E-state index is 0.129. The number of carbonyl (C=O) groups is 2. The van der Waals surface area contributed by atoms with Gasteiger partial charge in [-0.25, -0.2) is 4.79 Å². The molecule has 0 radical (unpaired) electrons. The maximum absolute atomic E-state index is 11.8. The lowest BCUT2D eigenvalue weighted by atomic mass is 10.1. The van der Waals surface area contributed by atoms with E-state index < -0.39 is 5.97 Å². The second-order valence-corrected chi connectivity index (χ2v) is 6.41. The summed E-state index contributed by atoms with van der Waals surface area (Å²) in [5, 5.41) is 13.7. The number of carboxylic acids is 1. The van der Waals surface area contributed by atoms with Gasteiger partial charge >= 0.3 is 5.97 Å². The van der Waals surface area contributed by atoms with Crippen LogP contribution in [0.5, 0.6) is 0 Å². The van der Waals surface area contributed by atoms with E-state index in [2.05, 4.69) is 10.5 Å². The number of hydrogen-bond acceptors (Lipinski definition) is 4. The highest BCUT2D eigenvalue weighted by Gasteiger charge is 2.21. The van der Waals surface area contributed by atoms with Crippen molar-refractivity contribution in [3.63, 3.8) is 0 Å². The maximum atomic E-state index is 11.8. The standard InChI is InChI=1S/C19H18ClN3O3/c1-12(21-22-17-11-14(19(25)26)6-9-16(17)20)13-4-7-15(8-5-13)23-10-2-3-18(23)24/h4-9,11,22H,2-3,10H2,1H3,(H,25,26)/b21-12-. The summed E-state index contributed by atoms with van der Waals surface area (Å²) in [5.41, 5.74) is 5.84. The van der Waals surface area contributed by atoms with E-state index in [0.717, 1.165) is 24.2 Å². The van der Waals surface area contributed by atoms with E-state index in [1.165, 1.54) is 18.2 Å². The van der Waals surface area contributed by atoms with Crippen LogP contribution in [-0.2, 0) is 4.79 Å². The summed E-state index contributed by atoms with van der Waals surface area (Å²) in [6, 6.07) is 12.0. The molecule has 0 atom stereocenters. The van der Waals surface area contributed by atoms with Gasteiger partial charge in [-0.05, 0) is 49.2 Å². The molecule has 1 heterocycles. The molecule has 0 aromatic heterocycles. The summed E-state index contributed by atoms with van der Waals surface area (Å²) >= 11 is 6.08. The van der Waals surface area contributed by atoms with Gasteiger partial charge in [0.2, 0.25) is 5.91 Å². The van der Waals surface area contributed by atoms with Crippen molar-refractivity contribution in [1.29, 1.82) is 0 Å². The lowest BCUT2D eigenvalue weighted by Gasteiger charge is -2.16. The largest absolute Gasteiger partial charge is 0.478 e. The van der Waals surface area contributed by atoms with E-state index in [-0.39, 0.29) is 11.5 Å². The van der Waals surface area contributed by atoms with Gasteiger partial charge in [-0.15, -0.1) is 0 Å². The van der Waals surface area contributed by atoms with E-state index in [1.54, 1.807) is 4.90 Å². The van der Waals surface area contributed by atoms with Gasteiger partial charge < -0.3 is 10.0 Å². The second kappa shape index (κ2) is 7.58. The molecule has 6 nitrogen and oxygen atoms in total. The molecule has 134 valence electrons. The van der Waals surface area contributed by atoms with Crippen LogP contribution >= 0.6 is 11.6 Å². The van der Waals surface area contributed by atoms with E-state index in [1.807, 2.05) is 31.2 Å². The first-order valence-electron chi connectivity index (χ1n) is 8.19. The molecule has 0 aliphatic carbocycles. The molecule has 1 aliphatic rings. The van der Waals surface area contributed by atoms with Crippen LogP contribution in [-0.4, -0.2) is 29.2 Å². The van der Waals surface area contributed by atoms with Crippen molar-refractivity contribution < 1.29 is 14.7 Å². The molecule has 1 amide bonds. The summed E-state index contributed by atoms with van der Waals surface area (Å²) in [6.45, 7) is 2.59. The number of nitrogens with zero attached hydrogens (tertiary/aromatic N) is 2. The molecule has 1 aliphatic heterocycles. The van der Waals surface area contributed by atoms with Gasteiger partial charge in [-0.2, -0.15) is 5.10 Å². The molecule has 0 spiro atoms. The van der Waals surface area contributed by atoms with Gasteiger partial charge in [0.15, 0.2) is 0 Å². The molecule has 2 aromatic carbocycles. The quantitative estimate of drug-likeness (QED) is 0.614. The number of carbonyl (C=O) groups excluding carboxylic acids is 1. The predicted octanol–water partition coefficient (Wildman–Crippen LogP) is 4.00. The van der Waals surface area contributed by atoms with E-state index >= 15 is 0 Å². The van der Waals surface area contributed by atoms with E-state index in [0.29, 0.717) is 22.8 Å². The monoisotopic (exact) mass is 371 g/mol. The summed E-state index contributed by atoms with van der Waals surface area (Å²) < 4.78 is 0. The maximum Gasteiger partial charge on any atom is 0.335 e. The number of hydrazone groups is 1. The zero-order valence-electron chi connectivity index (χ0n) is 14.2. The van der Waals surface area contributed by atoms with Crippen molar-refractivity contribution in [3.8, 4) is 0 Å². The Kier molecular flexibility index (Phi) is 5.23. The molecule has 0 bridgehead atoms. The Morgan fingerprint density at radius 1 is 1.19 bits per heavy atom. The Labute approximate surface area is 156 Å². The lowest BCUT2D eigenvalue weighted by Crippen LogP contribution is -2.23. The van der Waals surface area contributed by atoms with Crippen LogP contribution in [0, 0.1) is 0 Å². The SMILES string of the molecule is C/C(=N/Nc1cc(C(=O)O)ccc1Cl)c1ccc(N2CCCC2=O)cc1. The van der Waals surface area contributed by atoms with Crippen LogP contribution in [0.25, 0.3) is 0 Å². The summed E-state index contributed by atoms with van der Waals surface area (Å²) in [5.74, 6) is -0.879. The van der Waals surface area contributed by atoms with Crippen LogP contribution in [0.4, 0.5) is 11.4 Å². The molecule has 3 rings (SSSR count). The molecule has 0 saturated carbocycles. The molecular weight excluding hydrogens is 354 g/mol. The molecule has 2 aromatic rings. The van der Waals surface area contributed by atoms with Crippen LogP contribution in [0.15, 0.2) is 47.6 Å². The van der Waals surface area contributed by atoms with Gasteiger partial charge in [0, 0.05) is 18.7 Å². The van der Waals surface area contributed by atoms with Gasteiger partial charge in [0.1, 0.15) is 0 Å².